The largest absolute Gasteiger partial charge is 0.368 e. The summed E-state index contributed by atoms with van der Waals surface area (Å²) in [5.74, 6) is -0.965. The molecule has 0 aliphatic carbocycles. The molecule has 1 aromatic heterocycles. The molecule has 0 atom stereocenters. The Hall–Kier alpha value is -1.43. The molecule has 1 saturated heterocycles. The molecule has 1 aliphatic heterocycles. The second-order valence-electron chi connectivity index (χ2n) is 5.12. The maximum Gasteiger partial charge on any atom is 0.168 e. The number of aromatic nitrogens is 1. The molecular weight excluding hydrogens is 262 g/mol. The SMILES string of the molecule is CCNc1nc(N(C)CCN2CCCC2)c(F)cc1F. The van der Waals surface area contributed by atoms with E-state index in [2.05, 4.69) is 15.2 Å². The maximum atomic E-state index is 13.8. The summed E-state index contributed by atoms with van der Waals surface area (Å²) in [5.41, 5.74) is 0. The smallest absolute Gasteiger partial charge is 0.168 e. The quantitative estimate of drug-likeness (QED) is 0.868. The number of anilines is 2. The van der Waals surface area contributed by atoms with Gasteiger partial charge in [0.15, 0.2) is 23.3 Å². The molecule has 0 bridgehead atoms. The highest BCUT2D eigenvalue weighted by Crippen LogP contribution is 2.21. The van der Waals surface area contributed by atoms with Crippen molar-refractivity contribution in [1.29, 1.82) is 0 Å². The van der Waals surface area contributed by atoms with Crippen molar-refractivity contribution in [2.45, 2.75) is 19.8 Å². The molecule has 0 spiro atoms. The van der Waals surface area contributed by atoms with Crippen LogP contribution in [0.3, 0.4) is 0 Å². The Labute approximate surface area is 118 Å². The van der Waals surface area contributed by atoms with Gasteiger partial charge >= 0.3 is 0 Å². The molecule has 0 amide bonds. The summed E-state index contributed by atoms with van der Waals surface area (Å²) >= 11 is 0. The first-order chi connectivity index (χ1) is 9.61. The molecule has 1 aliphatic rings. The fraction of sp³-hybridized carbons (Fsp3) is 0.643. The average molecular weight is 284 g/mol. The van der Waals surface area contributed by atoms with Crippen LogP contribution in [-0.4, -0.2) is 49.7 Å². The predicted octanol–water partition coefficient (Wildman–Crippen LogP) is 2.32. The Balaban J connectivity index is 2.03. The van der Waals surface area contributed by atoms with Crippen LogP contribution in [0.5, 0.6) is 0 Å². The first-order valence-corrected chi connectivity index (χ1v) is 7.15. The normalized spacial score (nSPS) is 15.6. The predicted molar refractivity (Wildman–Crippen MR) is 77.3 cm³/mol. The van der Waals surface area contributed by atoms with Crippen molar-refractivity contribution in [2.24, 2.45) is 0 Å². The summed E-state index contributed by atoms with van der Waals surface area (Å²) < 4.78 is 27.4. The monoisotopic (exact) mass is 284 g/mol. The molecule has 0 aromatic carbocycles. The summed E-state index contributed by atoms with van der Waals surface area (Å²) in [6.45, 7) is 6.17. The lowest BCUT2D eigenvalue weighted by Gasteiger charge is -2.23. The lowest BCUT2D eigenvalue weighted by atomic mass is 10.3. The molecule has 2 heterocycles. The van der Waals surface area contributed by atoms with Crippen molar-refractivity contribution in [3.8, 4) is 0 Å². The molecule has 4 nitrogen and oxygen atoms in total. The summed E-state index contributed by atoms with van der Waals surface area (Å²) in [6.07, 6.45) is 2.47. The molecule has 0 saturated carbocycles. The van der Waals surface area contributed by atoms with Gasteiger partial charge in [0.05, 0.1) is 0 Å². The van der Waals surface area contributed by atoms with E-state index in [4.69, 9.17) is 0 Å². The van der Waals surface area contributed by atoms with E-state index in [0.717, 1.165) is 25.7 Å². The highest BCUT2D eigenvalue weighted by molar-refractivity contribution is 5.48. The zero-order valence-corrected chi connectivity index (χ0v) is 12.1. The van der Waals surface area contributed by atoms with Crippen molar-refractivity contribution in [3.05, 3.63) is 17.7 Å². The maximum absolute atomic E-state index is 13.8. The number of likely N-dealkylation sites (N-methyl/N-ethyl adjacent to an activating group) is 1. The Bertz CT molecular complexity index is 447. The Kier molecular flexibility index (Phi) is 5.11. The van der Waals surface area contributed by atoms with Crippen LogP contribution in [0.1, 0.15) is 19.8 Å². The van der Waals surface area contributed by atoms with E-state index in [9.17, 15) is 8.78 Å². The van der Waals surface area contributed by atoms with Gasteiger partial charge in [0.1, 0.15) is 0 Å². The fourth-order valence-electron chi connectivity index (χ4n) is 2.42. The minimum Gasteiger partial charge on any atom is -0.368 e. The highest BCUT2D eigenvalue weighted by atomic mass is 19.1. The van der Waals surface area contributed by atoms with Gasteiger partial charge in [-0.15, -0.1) is 0 Å². The second-order valence-corrected chi connectivity index (χ2v) is 5.12. The highest BCUT2D eigenvalue weighted by Gasteiger charge is 2.17. The molecule has 1 fully saturated rings. The van der Waals surface area contributed by atoms with E-state index in [0.29, 0.717) is 13.1 Å². The van der Waals surface area contributed by atoms with E-state index in [1.165, 1.54) is 12.8 Å². The van der Waals surface area contributed by atoms with Crippen molar-refractivity contribution in [2.75, 3.05) is 50.0 Å². The van der Waals surface area contributed by atoms with Crippen molar-refractivity contribution >= 4 is 11.6 Å². The van der Waals surface area contributed by atoms with Gasteiger partial charge < -0.3 is 15.1 Å². The molecule has 6 heteroatoms. The number of pyridine rings is 1. The van der Waals surface area contributed by atoms with Crippen LogP contribution in [0.4, 0.5) is 20.4 Å². The third-order valence-electron chi connectivity index (χ3n) is 3.57. The topological polar surface area (TPSA) is 31.4 Å². The summed E-state index contributed by atoms with van der Waals surface area (Å²) in [7, 11) is 1.79. The summed E-state index contributed by atoms with van der Waals surface area (Å²) in [5, 5.41) is 2.81. The lowest BCUT2D eigenvalue weighted by Crippen LogP contribution is -2.32. The minimum absolute atomic E-state index is 0.108. The van der Waals surface area contributed by atoms with Gasteiger partial charge in [-0.2, -0.15) is 0 Å². The van der Waals surface area contributed by atoms with Crippen molar-refractivity contribution in [3.63, 3.8) is 0 Å². The van der Waals surface area contributed by atoms with Crippen LogP contribution in [0, 0.1) is 11.6 Å². The molecule has 112 valence electrons. The average Bonchev–Trinajstić information content (AvgIpc) is 2.92. The van der Waals surface area contributed by atoms with Crippen LogP contribution in [0.2, 0.25) is 0 Å². The zero-order valence-electron chi connectivity index (χ0n) is 12.1. The van der Waals surface area contributed by atoms with Gasteiger partial charge in [-0.05, 0) is 32.9 Å². The van der Waals surface area contributed by atoms with Gasteiger partial charge in [-0.1, -0.05) is 0 Å². The van der Waals surface area contributed by atoms with Crippen LogP contribution in [0.25, 0.3) is 0 Å². The van der Waals surface area contributed by atoms with Crippen LogP contribution in [0.15, 0.2) is 6.07 Å². The van der Waals surface area contributed by atoms with E-state index in [1.807, 2.05) is 6.92 Å². The van der Waals surface area contributed by atoms with Crippen molar-refractivity contribution < 1.29 is 8.78 Å². The number of hydrogen-bond donors (Lipinski definition) is 1. The van der Waals surface area contributed by atoms with Crippen LogP contribution in [-0.2, 0) is 0 Å². The van der Waals surface area contributed by atoms with Crippen LogP contribution >= 0.6 is 0 Å². The van der Waals surface area contributed by atoms with Gasteiger partial charge in [0.25, 0.3) is 0 Å². The van der Waals surface area contributed by atoms with Gasteiger partial charge in [0.2, 0.25) is 0 Å². The number of hydrogen-bond acceptors (Lipinski definition) is 4. The minimum atomic E-state index is -0.652. The van der Waals surface area contributed by atoms with Gasteiger partial charge in [0, 0.05) is 32.7 Å². The fourth-order valence-corrected chi connectivity index (χ4v) is 2.42. The summed E-state index contributed by atoms with van der Waals surface area (Å²) in [6, 6.07) is 0.896. The molecular formula is C14H22F2N4. The molecule has 1 aromatic rings. The Morgan fingerprint density at radius 3 is 2.65 bits per heavy atom. The lowest BCUT2D eigenvalue weighted by molar-refractivity contribution is 0.346. The number of nitrogens with one attached hydrogen (secondary N) is 1. The Morgan fingerprint density at radius 1 is 1.30 bits per heavy atom. The van der Waals surface area contributed by atoms with E-state index < -0.39 is 11.6 Å². The third kappa shape index (κ3) is 3.56. The third-order valence-corrected chi connectivity index (χ3v) is 3.57. The number of halogens is 2. The molecule has 0 unspecified atom stereocenters. The van der Waals surface area contributed by atoms with E-state index in [-0.39, 0.29) is 11.6 Å². The number of nitrogens with zero attached hydrogens (tertiary/aromatic N) is 3. The van der Waals surface area contributed by atoms with E-state index >= 15 is 0 Å². The molecule has 20 heavy (non-hydrogen) atoms. The first kappa shape index (κ1) is 15.0. The standard InChI is InChI=1S/C14H22F2N4/c1-3-17-13-11(15)10-12(16)14(18-13)19(2)8-9-20-6-4-5-7-20/h10H,3-9H2,1-2H3,(H,17,18). The van der Waals surface area contributed by atoms with E-state index in [1.54, 1.807) is 11.9 Å². The Morgan fingerprint density at radius 2 is 2.00 bits per heavy atom. The first-order valence-electron chi connectivity index (χ1n) is 7.15. The number of rotatable bonds is 6. The molecule has 0 radical (unpaired) electrons. The van der Waals surface area contributed by atoms with Crippen LogP contribution < -0.4 is 10.2 Å². The number of likely N-dealkylation sites (tertiary alicyclic amines) is 1. The zero-order chi connectivity index (χ0) is 14.5. The van der Waals surface area contributed by atoms with Gasteiger partial charge in [-0.3, -0.25) is 0 Å². The van der Waals surface area contributed by atoms with Crippen molar-refractivity contribution in [1.82, 2.24) is 9.88 Å². The van der Waals surface area contributed by atoms with Gasteiger partial charge in [-0.25, -0.2) is 13.8 Å². The molecule has 1 N–H and O–H groups in total. The second kappa shape index (κ2) is 6.83. The molecule has 2 rings (SSSR count). The summed E-state index contributed by atoms with van der Waals surface area (Å²) in [4.78, 5) is 8.15.